The number of nitrogens with zero attached hydrogens (tertiary/aromatic N) is 1. The first-order valence-electron chi connectivity index (χ1n) is 5.77. The van der Waals surface area contributed by atoms with Crippen LogP contribution in [-0.4, -0.2) is 27.1 Å². The van der Waals surface area contributed by atoms with Crippen LogP contribution in [0.2, 0.25) is 0 Å². The number of unbranched alkanes of at least 4 members (excludes halogenated alkanes) is 1. The Bertz CT molecular complexity index is 454. The molecule has 0 amide bonds. The van der Waals surface area contributed by atoms with Crippen LogP contribution in [0.25, 0.3) is 0 Å². The van der Waals surface area contributed by atoms with Gasteiger partial charge in [0.25, 0.3) is 0 Å². The molecule has 0 bridgehead atoms. The van der Waals surface area contributed by atoms with E-state index in [4.69, 9.17) is 10.3 Å². The zero-order chi connectivity index (χ0) is 13.5. The van der Waals surface area contributed by atoms with Crippen molar-refractivity contribution in [3.63, 3.8) is 0 Å². The van der Waals surface area contributed by atoms with Gasteiger partial charge in [0.1, 0.15) is 5.75 Å². The van der Waals surface area contributed by atoms with Gasteiger partial charge in [-0.3, -0.25) is 4.79 Å². The molecule has 3 N–H and O–H groups in total. The molecule has 0 spiro atoms. The quantitative estimate of drug-likeness (QED) is 0.313. The Hall–Kier alpha value is -2.04. The molecule has 1 aromatic rings. The van der Waals surface area contributed by atoms with E-state index in [0.29, 0.717) is 30.5 Å². The van der Waals surface area contributed by atoms with Gasteiger partial charge in [-0.05, 0) is 38.3 Å². The first-order valence-corrected chi connectivity index (χ1v) is 5.77. The first kappa shape index (κ1) is 14.0. The van der Waals surface area contributed by atoms with Gasteiger partial charge < -0.3 is 15.4 Å². The second-order valence-corrected chi connectivity index (χ2v) is 4.17. The number of hydrogen-bond acceptors (Lipinski definition) is 4. The molecule has 0 fully saturated rings. The summed E-state index contributed by atoms with van der Waals surface area (Å²) in [4.78, 5) is 10.4. The van der Waals surface area contributed by atoms with E-state index in [1.165, 1.54) is 0 Å². The number of benzene rings is 1. The lowest BCUT2D eigenvalue weighted by Gasteiger charge is -2.07. The van der Waals surface area contributed by atoms with Crippen LogP contribution in [0, 0.1) is 6.92 Å². The van der Waals surface area contributed by atoms with Gasteiger partial charge in [-0.15, -0.1) is 0 Å². The topological polar surface area (TPSA) is 90.1 Å². The van der Waals surface area contributed by atoms with Gasteiger partial charge in [-0.1, -0.05) is 16.8 Å². The lowest BCUT2D eigenvalue weighted by molar-refractivity contribution is -0.137. The number of phenols is 1. The summed E-state index contributed by atoms with van der Waals surface area (Å²) in [7, 11) is 0. The van der Waals surface area contributed by atoms with Gasteiger partial charge >= 0.3 is 5.97 Å². The van der Waals surface area contributed by atoms with E-state index in [9.17, 15) is 9.90 Å². The summed E-state index contributed by atoms with van der Waals surface area (Å²) in [5.41, 5.74) is 1.82. The highest BCUT2D eigenvalue weighted by molar-refractivity contribution is 6.02. The molecule has 0 aliphatic rings. The molecule has 0 saturated carbocycles. The largest absolute Gasteiger partial charge is 0.507 e. The number of oxime groups is 1. The molecular formula is C13H17NO4. The summed E-state index contributed by atoms with van der Waals surface area (Å²) in [5, 5.41) is 30.4. The normalized spacial score (nSPS) is 11.5. The number of hydrogen-bond donors (Lipinski definition) is 3. The van der Waals surface area contributed by atoms with Crippen molar-refractivity contribution < 1.29 is 20.2 Å². The maximum atomic E-state index is 10.4. The second kappa shape index (κ2) is 6.64. The Morgan fingerprint density at radius 2 is 1.94 bits per heavy atom. The third-order valence-corrected chi connectivity index (χ3v) is 2.64. The Morgan fingerprint density at radius 3 is 2.56 bits per heavy atom. The van der Waals surface area contributed by atoms with Crippen LogP contribution >= 0.6 is 0 Å². The number of aromatic hydroxyl groups is 1. The molecule has 0 atom stereocenters. The summed E-state index contributed by atoms with van der Waals surface area (Å²) < 4.78 is 0. The average Bonchev–Trinajstić information content (AvgIpc) is 2.33. The molecule has 1 aromatic carbocycles. The number of carboxylic acids is 1. The van der Waals surface area contributed by atoms with Crippen LogP contribution in [0.4, 0.5) is 0 Å². The molecule has 5 nitrogen and oxygen atoms in total. The highest BCUT2D eigenvalue weighted by Gasteiger charge is 2.10. The van der Waals surface area contributed by atoms with Crippen molar-refractivity contribution in [3.8, 4) is 5.75 Å². The van der Waals surface area contributed by atoms with E-state index in [-0.39, 0.29) is 12.2 Å². The number of carboxylic acid groups (broad SMARTS) is 1. The number of carbonyl (C=O) groups is 1. The van der Waals surface area contributed by atoms with E-state index in [0.717, 1.165) is 5.56 Å². The van der Waals surface area contributed by atoms with Crippen molar-refractivity contribution in [1.29, 1.82) is 0 Å². The summed E-state index contributed by atoms with van der Waals surface area (Å²) >= 11 is 0. The Kier molecular flexibility index (Phi) is 5.17. The molecule has 1 rings (SSSR count). The molecule has 0 aliphatic carbocycles. The highest BCUT2D eigenvalue weighted by atomic mass is 16.4. The van der Waals surface area contributed by atoms with Crippen LogP contribution in [-0.2, 0) is 4.79 Å². The zero-order valence-electron chi connectivity index (χ0n) is 10.3. The SMILES string of the molecule is Cc1ccc(O)c(C(CCCCC(=O)O)=NO)c1. The van der Waals surface area contributed by atoms with Crippen LogP contribution in [0.15, 0.2) is 23.4 Å². The van der Waals surface area contributed by atoms with Gasteiger partial charge in [0.05, 0.1) is 5.71 Å². The average molecular weight is 251 g/mol. The number of aliphatic carboxylic acids is 1. The molecule has 0 saturated heterocycles. The third-order valence-electron chi connectivity index (χ3n) is 2.64. The van der Waals surface area contributed by atoms with Crippen LogP contribution in [0.1, 0.15) is 36.8 Å². The number of aryl methyl sites for hydroxylation is 1. The molecule has 0 heterocycles. The standard InChI is InChI=1S/C13H17NO4/c1-9-6-7-12(15)10(8-9)11(14-18)4-2-3-5-13(16)17/h6-8,15,18H,2-5H2,1H3,(H,16,17). The van der Waals surface area contributed by atoms with Crippen LogP contribution in [0.3, 0.4) is 0 Å². The van der Waals surface area contributed by atoms with Gasteiger partial charge in [0, 0.05) is 12.0 Å². The molecule has 0 aromatic heterocycles. The van der Waals surface area contributed by atoms with Crippen molar-refractivity contribution in [1.82, 2.24) is 0 Å². The Balaban J connectivity index is 2.66. The zero-order valence-corrected chi connectivity index (χ0v) is 10.3. The van der Waals surface area contributed by atoms with E-state index in [1.54, 1.807) is 18.2 Å². The molecule has 98 valence electrons. The minimum Gasteiger partial charge on any atom is -0.507 e. The van der Waals surface area contributed by atoms with Crippen molar-refractivity contribution in [2.45, 2.75) is 32.6 Å². The predicted octanol–water partition coefficient (Wildman–Crippen LogP) is 2.52. The Labute approximate surface area is 105 Å². The van der Waals surface area contributed by atoms with Crippen LogP contribution < -0.4 is 0 Å². The van der Waals surface area contributed by atoms with Crippen LogP contribution in [0.5, 0.6) is 5.75 Å². The van der Waals surface area contributed by atoms with Crippen molar-refractivity contribution >= 4 is 11.7 Å². The Morgan fingerprint density at radius 1 is 1.28 bits per heavy atom. The molecule has 0 unspecified atom stereocenters. The van der Waals surface area contributed by atoms with E-state index >= 15 is 0 Å². The number of rotatable bonds is 6. The monoisotopic (exact) mass is 251 g/mol. The summed E-state index contributed by atoms with van der Waals surface area (Å²) in [5.74, 6) is -0.775. The van der Waals surface area contributed by atoms with E-state index in [2.05, 4.69) is 5.16 Å². The fourth-order valence-corrected chi connectivity index (χ4v) is 1.69. The van der Waals surface area contributed by atoms with Crippen molar-refractivity contribution in [2.75, 3.05) is 0 Å². The van der Waals surface area contributed by atoms with Gasteiger partial charge in [0.2, 0.25) is 0 Å². The minimum absolute atomic E-state index is 0.0617. The van der Waals surface area contributed by atoms with E-state index in [1.807, 2.05) is 6.92 Å². The summed E-state index contributed by atoms with van der Waals surface area (Å²) in [6, 6.07) is 5.05. The lowest BCUT2D eigenvalue weighted by Crippen LogP contribution is -2.03. The molecule has 0 aliphatic heterocycles. The number of phenolic OH excluding ortho intramolecular Hbond substituents is 1. The van der Waals surface area contributed by atoms with Gasteiger partial charge in [-0.2, -0.15) is 0 Å². The summed E-state index contributed by atoms with van der Waals surface area (Å²) in [6.45, 7) is 1.88. The summed E-state index contributed by atoms with van der Waals surface area (Å²) in [6.07, 6.45) is 1.64. The maximum absolute atomic E-state index is 10.4. The third kappa shape index (κ3) is 4.08. The van der Waals surface area contributed by atoms with Crippen molar-refractivity contribution in [2.24, 2.45) is 5.16 Å². The smallest absolute Gasteiger partial charge is 0.303 e. The fourth-order valence-electron chi connectivity index (χ4n) is 1.69. The van der Waals surface area contributed by atoms with E-state index < -0.39 is 5.97 Å². The first-order chi connectivity index (χ1) is 8.54. The van der Waals surface area contributed by atoms with Crippen molar-refractivity contribution in [3.05, 3.63) is 29.3 Å². The van der Waals surface area contributed by atoms with Gasteiger partial charge in [0.15, 0.2) is 0 Å². The maximum Gasteiger partial charge on any atom is 0.303 e. The minimum atomic E-state index is -0.837. The molecule has 18 heavy (non-hydrogen) atoms. The predicted molar refractivity (Wildman–Crippen MR) is 67.3 cm³/mol. The molecule has 0 radical (unpaired) electrons. The highest BCUT2D eigenvalue weighted by Crippen LogP contribution is 2.21. The second-order valence-electron chi connectivity index (χ2n) is 4.17. The molecular weight excluding hydrogens is 234 g/mol. The fraction of sp³-hybridized carbons (Fsp3) is 0.385. The molecule has 5 heteroatoms. The lowest BCUT2D eigenvalue weighted by atomic mass is 10.0. The van der Waals surface area contributed by atoms with Gasteiger partial charge in [-0.25, -0.2) is 0 Å².